The fourth-order valence-electron chi connectivity index (χ4n) is 3.49. The molecule has 152 valence electrons. The van der Waals surface area contributed by atoms with Crippen LogP contribution in [0.25, 0.3) is 0 Å². The van der Waals surface area contributed by atoms with E-state index in [0.717, 1.165) is 38.9 Å². The summed E-state index contributed by atoms with van der Waals surface area (Å²) >= 11 is 0. The third-order valence-electron chi connectivity index (χ3n) is 5.26. The molecule has 0 saturated carbocycles. The minimum absolute atomic E-state index is 0.144. The number of carbonyl (C=O) groups excluding carboxylic acids is 2. The first-order valence-corrected chi connectivity index (χ1v) is 9.87. The zero-order chi connectivity index (χ0) is 20.8. The Morgan fingerprint density at radius 3 is 2.41 bits per heavy atom. The second kappa shape index (κ2) is 9.47. The smallest absolute Gasteiger partial charge is 0.250 e. The van der Waals surface area contributed by atoms with E-state index in [1.54, 1.807) is 19.1 Å². The van der Waals surface area contributed by atoms with Gasteiger partial charge in [-0.2, -0.15) is 0 Å². The van der Waals surface area contributed by atoms with Gasteiger partial charge in [-0.15, -0.1) is 0 Å². The number of amides is 1. The Bertz CT molecular complexity index is 867. The van der Waals surface area contributed by atoms with Crippen molar-refractivity contribution in [3.8, 4) is 11.6 Å². The Morgan fingerprint density at radius 1 is 1.17 bits per heavy atom. The monoisotopic (exact) mass is 393 g/mol. The molecule has 0 bridgehead atoms. The van der Waals surface area contributed by atoms with Gasteiger partial charge in [-0.1, -0.05) is 18.7 Å². The highest BCUT2D eigenvalue weighted by Crippen LogP contribution is 2.22. The predicted molar refractivity (Wildman–Crippen MR) is 112 cm³/mol. The van der Waals surface area contributed by atoms with E-state index in [9.17, 15) is 9.59 Å². The molecule has 2 heterocycles. The van der Waals surface area contributed by atoms with Gasteiger partial charge in [0, 0.05) is 24.7 Å². The van der Waals surface area contributed by atoms with Crippen LogP contribution in [-0.4, -0.2) is 41.2 Å². The Balaban J connectivity index is 1.45. The lowest BCUT2D eigenvalue weighted by Crippen LogP contribution is -2.37. The number of carbonyl (C=O) groups is 2. The summed E-state index contributed by atoms with van der Waals surface area (Å²) in [6, 6.07) is 11.1. The van der Waals surface area contributed by atoms with Gasteiger partial charge in [-0.05, 0) is 68.6 Å². The summed E-state index contributed by atoms with van der Waals surface area (Å²) < 4.78 is 5.70. The molecule has 1 fully saturated rings. The molecule has 2 N–H and O–H groups in total. The second-order valence-electron chi connectivity index (χ2n) is 7.51. The van der Waals surface area contributed by atoms with Crippen LogP contribution in [0.5, 0.6) is 11.6 Å². The van der Waals surface area contributed by atoms with E-state index in [2.05, 4.69) is 16.5 Å². The molecule has 1 saturated heterocycles. The number of rotatable bonds is 8. The van der Waals surface area contributed by atoms with E-state index in [0.29, 0.717) is 22.8 Å². The first-order chi connectivity index (χ1) is 13.9. The average molecular weight is 393 g/mol. The van der Waals surface area contributed by atoms with Crippen LogP contribution in [0.1, 0.15) is 35.7 Å². The number of allylic oxidation sites excluding steroid dienone is 1. The molecule has 0 spiro atoms. The van der Waals surface area contributed by atoms with Crippen molar-refractivity contribution in [2.75, 3.05) is 19.6 Å². The second-order valence-corrected chi connectivity index (χ2v) is 7.51. The molecule has 0 aliphatic carbocycles. The number of aromatic nitrogens is 1. The fraction of sp³-hybridized carbons (Fsp3) is 0.348. The summed E-state index contributed by atoms with van der Waals surface area (Å²) in [5.41, 5.74) is 7.46. The van der Waals surface area contributed by atoms with Crippen LogP contribution < -0.4 is 10.5 Å². The summed E-state index contributed by atoms with van der Waals surface area (Å²) in [5.74, 6) is 0.951. The molecule has 29 heavy (non-hydrogen) atoms. The normalized spacial score (nSPS) is 15.1. The number of primary amides is 1. The molecular weight excluding hydrogens is 366 g/mol. The minimum atomic E-state index is -0.514. The van der Waals surface area contributed by atoms with Crippen LogP contribution in [0, 0.1) is 5.92 Å². The molecule has 0 atom stereocenters. The Morgan fingerprint density at radius 2 is 1.86 bits per heavy atom. The van der Waals surface area contributed by atoms with Crippen molar-refractivity contribution in [2.24, 2.45) is 11.7 Å². The molecule has 3 rings (SSSR count). The summed E-state index contributed by atoms with van der Waals surface area (Å²) in [6.45, 7) is 8.46. The van der Waals surface area contributed by atoms with Crippen molar-refractivity contribution >= 4 is 11.7 Å². The number of ketones is 1. The van der Waals surface area contributed by atoms with E-state index in [-0.39, 0.29) is 11.7 Å². The van der Waals surface area contributed by atoms with Gasteiger partial charge in [0.2, 0.25) is 11.8 Å². The molecule has 0 unspecified atom stereocenters. The number of nitrogens with zero attached hydrogens (tertiary/aromatic N) is 2. The van der Waals surface area contributed by atoms with Crippen LogP contribution in [0.15, 0.2) is 54.7 Å². The van der Waals surface area contributed by atoms with Crippen molar-refractivity contribution in [2.45, 2.75) is 26.2 Å². The number of likely N-dealkylation sites (tertiary alicyclic amines) is 1. The van der Waals surface area contributed by atoms with E-state index < -0.39 is 5.91 Å². The number of hydrogen-bond acceptors (Lipinski definition) is 5. The van der Waals surface area contributed by atoms with Crippen LogP contribution in [0.2, 0.25) is 0 Å². The lowest BCUT2D eigenvalue weighted by atomic mass is 9.89. The summed E-state index contributed by atoms with van der Waals surface area (Å²) in [7, 11) is 0. The van der Waals surface area contributed by atoms with E-state index in [4.69, 9.17) is 10.5 Å². The minimum Gasteiger partial charge on any atom is -0.439 e. The number of benzene rings is 1. The van der Waals surface area contributed by atoms with Gasteiger partial charge in [0.1, 0.15) is 5.75 Å². The van der Waals surface area contributed by atoms with Gasteiger partial charge >= 0.3 is 0 Å². The van der Waals surface area contributed by atoms with Crippen LogP contribution in [-0.2, 0) is 11.2 Å². The highest BCUT2D eigenvalue weighted by molar-refractivity contribution is 5.96. The van der Waals surface area contributed by atoms with Gasteiger partial charge in [0.25, 0.3) is 0 Å². The van der Waals surface area contributed by atoms with Crippen molar-refractivity contribution in [3.63, 3.8) is 0 Å². The van der Waals surface area contributed by atoms with Crippen molar-refractivity contribution in [1.82, 2.24) is 9.88 Å². The third-order valence-corrected chi connectivity index (χ3v) is 5.26. The lowest BCUT2D eigenvalue weighted by molar-refractivity contribution is -0.120. The Kier molecular flexibility index (Phi) is 6.77. The predicted octanol–water partition coefficient (Wildman–Crippen LogP) is 3.37. The number of pyridine rings is 1. The largest absolute Gasteiger partial charge is 0.439 e. The highest BCUT2D eigenvalue weighted by Gasteiger charge is 2.24. The van der Waals surface area contributed by atoms with E-state index in [1.165, 1.54) is 11.8 Å². The number of hydrogen-bond donors (Lipinski definition) is 1. The molecule has 1 aromatic heterocycles. The molecule has 6 nitrogen and oxygen atoms in total. The van der Waals surface area contributed by atoms with Crippen LogP contribution >= 0.6 is 0 Å². The Hall–Kier alpha value is -2.99. The maximum absolute atomic E-state index is 12.0. The van der Waals surface area contributed by atoms with E-state index in [1.807, 2.05) is 24.3 Å². The molecular formula is C23H27N3O3. The van der Waals surface area contributed by atoms with E-state index >= 15 is 0 Å². The van der Waals surface area contributed by atoms with Gasteiger partial charge in [0.15, 0.2) is 5.78 Å². The molecule has 1 amide bonds. The molecule has 6 heteroatoms. The molecule has 1 aliphatic rings. The zero-order valence-electron chi connectivity index (χ0n) is 16.8. The van der Waals surface area contributed by atoms with Gasteiger partial charge in [0.05, 0.1) is 5.56 Å². The maximum Gasteiger partial charge on any atom is 0.250 e. The number of Topliss-reactive ketones (excluding diaryl/α,β-unsaturated/α-hetero) is 1. The molecule has 0 radical (unpaired) electrons. The number of ether oxygens (including phenoxy) is 1. The van der Waals surface area contributed by atoms with Crippen LogP contribution in [0.3, 0.4) is 0 Å². The lowest BCUT2D eigenvalue weighted by Gasteiger charge is -2.31. The van der Waals surface area contributed by atoms with Gasteiger partial charge in [-0.3, -0.25) is 9.59 Å². The van der Waals surface area contributed by atoms with Crippen LogP contribution in [0.4, 0.5) is 0 Å². The fourth-order valence-corrected chi connectivity index (χ4v) is 3.49. The van der Waals surface area contributed by atoms with Crippen molar-refractivity contribution < 1.29 is 14.3 Å². The highest BCUT2D eigenvalue weighted by atomic mass is 16.5. The zero-order valence-corrected chi connectivity index (χ0v) is 16.8. The number of nitrogens with two attached hydrogens (primary N) is 1. The third kappa shape index (κ3) is 5.74. The van der Waals surface area contributed by atoms with Gasteiger partial charge < -0.3 is 15.4 Å². The first-order valence-electron chi connectivity index (χ1n) is 9.87. The number of piperidine rings is 1. The SMILES string of the molecule is C=C(C)C(=O)C1CCN(CCc2ccc(Oc3ccc(C(N)=O)cn3)cc2)CC1. The van der Waals surface area contributed by atoms with Crippen molar-refractivity contribution in [3.05, 3.63) is 65.9 Å². The summed E-state index contributed by atoms with van der Waals surface area (Å²) in [4.78, 5) is 29.6. The first kappa shape index (κ1) is 20.7. The Labute approximate surface area is 171 Å². The standard InChI is InChI=1S/C23H27N3O3/c1-16(2)22(27)18-10-13-26(14-11-18)12-9-17-3-6-20(7-4-17)29-21-8-5-19(15-25-21)23(24)28/h3-8,15,18H,1,9-14H2,2H3,(H2,24,28). The average Bonchev–Trinajstić information content (AvgIpc) is 2.73. The van der Waals surface area contributed by atoms with Crippen molar-refractivity contribution in [1.29, 1.82) is 0 Å². The summed E-state index contributed by atoms with van der Waals surface area (Å²) in [6.07, 6.45) is 4.18. The quantitative estimate of drug-likeness (QED) is 0.695. The maximum atomic E-state index is 12.0. The topological polar surface area (TPSA) is 85.5 Å². The molecule has 1 aromatic carbocycles. The molecule has 2 aromatic rings. The summed E-state index contributed by atoms with van der Waals surface area (Å²) in [5, 5.41) is 0. The van der Waals surface area contributed by atoms with Gasteiger partial charge in [-0.25, -0.2) is 4.98 Å². The molecule has 1 aliphatic heterocycles.